The zero-order valence-corrected chi connectivity index (χ0v) is 10.4. The summed E-state index contributed by atoms with van der Waals surface area (Å²) in [6.45, 7) is 3.17. The van der Waals surface area contributed by atoms with Crippen molar-refractivity contribution in [1.29, 1.82) is 0 Å². The second-order valence-electron chi connectivity index (χ2n) is 3.26. The minimum Gasteiger partial charge on any atom is -0.371 e. The predicted molar refractivity (Wildman–Crippen MR) is 60.7 cm³/mol. The van der Waals surface area contributed by atoms with Crippen molar-refractivity contribution in [2.45, 2.75) is 6.18 Å². The van der Waals surface area contributed by atoms with Gasteiger partial charge in [0, 0.05) is 32.7 Å². The van der Waals surface area contributed by atoms with Gasteiger partial charge in [0.2, 0.25) is 0 Å². The Balaban J connectivity index is 0. The van der Waals surface area contributed by atoms with Crippen LogP contribution in [0.25, 0.3) is 0 Å². The van der Waals surface area contributed by atoms with Crippen molar-refractivity contribution in [3.05, 3.63) is 0 Å². The van der Waals surface area contributed by atoms with Crippen LogP contribution in [-0.2, 0) is 4.74 Å². The fourth-order valence-electron chi connectivity index (χ4n) is 1.32. The molecule has 0 aromatic carbocycles. The first kappa shape index (κ1) is 18.6. The third kappa shape index (κ3) is 9.47. The highest BCUT2D eigenvalue weighted by Gasteiger charge is 2.27. The number of piperazine rings is 1. The molecule has 16 heavy (non-hydrogen) atoms. The molecule has 0 aliphatic carbocycles. The molecule has 0 bridgehead atoms. The highest BCUT2D eigenvalue weighted by Crippen LogP contribution is 2.14. The molecule has 3 nitrogen and oxygen atoms in total. The summed E-state index contributed by atoms with van der Waals surface area (Å²) in [7, 11) is 0. The van der Waals surface area contributed by atoms with E-state index in [4.69, 9.17) is 0 Å². The lowest BCUT2D eigenvalue weighted by Gasteiger charge is -2.26. The average molecular weight is 285 g/mol. The van der Waals surface area contributed by atoms with Gasteiger partial charge in [-0.1, -0.05) is 0 Å². The van der Waals surface area contributed by atoms with Crippen LogP contribution in [0.15, 0.2) is 0 Å². The molecule has 1 N–H and O–H groups in total. The summed E-state index contributed by atoms with van der Waals surface area (Å²) in [5, 5.41) is 3.17. The van der Waals surface area contributed by atoms with Gasteiger partial charge in [-0.15, -0.1) is 24.8 Å². The summed E-state index contributed by atoms with van der Waals surface area (Å²) in [5.41, 5.74) is 0. The zero-order valence-electron chi connectivity index (χ0n) is 8.76. The van der Waals surface area contributed by atoms with Crippen molar-refractivity contribution in [3.63, 3.8) is 0 Å². The first-order chi connectivity index (χ1) is 6.58. The largest absolute Gasteiger partial charge is 0.411 e. The molecule has 1 aliphatic heterocycles. The van der Waals surface area contributed by atoms with Crippen molar-refractivity contribution < 1.29 is 17.9 Å². The molecule has 1 saturated heterocycles. The van der Waals surface area contributed by atoms with Crippen LogP contribution in [0.4, 0.5) is 13.2 Å². The molecule has 1 fully saturated rings. The maximum absolute atomic E-state index is 11.7. The normalized spacial score (nSPS) is 17.4. The fraction of sp³-hybridized carbons (Fsp3) is 1.00. The second-order valence-corrected chi connectivity index (χ2v) is 3.26. The Morgan fingerprint density at radius 2 is 1.69 bits per heavy atom. The number of ether oxygens (including phenoxy) is 1. The Labute approximate surface area is 106 Å². The predicted octanol–water partition coefficient (Wildman–Crippen LogP) is 1.31. The molecule has 0 saturated carbocycles. The molecular formula is C8H17Cl2F3N2O. The molecular weight excluding hydrogens is 268 g/mol. The van der Waals surface area contributed by atoms with Crippen molar-refractivity contribution >= 4 is 24.8 Å². The molecule has 0 aromatic rings. The van der Waals surface area contributed by atoms with E-state index in [-0.39, 0.29) is 31.4 Å². The van der Waals surface area contributed by atoms with E-state index in [1.807, 2.05) is 0 Å². The molecule has 0 aromatic heterocycles. The van der Waals surface area contributed by atoms with E-state index in [0.29, 0.717) is 6.54 Å². The first-order valence-corrected chi connectivity index (χ1v) is 4.65. The van der Waals surface area contributed by atoms with Crippen LogP contribution in [0.3, 0.4) is 0 Å². The zero-order chi connectivity index (χ0) is 10.4. The van der Waals surface area contributed by atoms with Gasteiger partial charge in [0.05, 0.1) is 6.61 Å². The second kappa shape index (κ2) is 9.30. The number of halogens is 5. The van der Waals surface area contributed by atoms with Crippen LogP contribution in [0.2, 0.25) is 0 Å². The summed E-state index contributed by atoms with van der Waals surface area (Å²) in [6.07, 6.45) is -4.20. The first-order valence-electron chi connectivity index (χ1n) is 4.65. The highest BCUT2D eigenvalue weighted by molar-refractivity contribution is 5.85. The van der Waals surface area contributed by atoms with Crippen LogP contribution in [0.1, 0.15) is 0 Å². The van der Waals surface area contributed by atoms with Gasteiger partial charge in [-0.3, -0.25) is 4.90 Å². The number of alkyl halides is 3. The van der Waals surface area contributed by atoms with Crippen LogP contribution in [0, 0.1) is 0 Å². The molecule has 1 rings (SSSR count). The van der Waals surface area contributed by atoms with Gasteiger partial charge in [-0.25, -0.2) is 0 Å². The monoisotopic (exact) mass is 284 g/mol. The highest BCUT2D eigenvalue weighted by atomic mass is 35.5. The maximum Gasteiger partial charge on any atom is 0.411 e. The lowest BCUT2D eigenvalue weighted by Crippen LogP contribution is -2.44. The standard InChI is InChI=1S/C8H15F3N2O.2ClH/c9-8(10,11)7-14-6-5-13-3-1-12-2-4-13;;/h12H,1-7H2;2*1H. The Bertz CT molecular complexity index is 166. The molecule has 1 aliphatic rings. The maximum atomic E-state index is 11.7. The van der Waals surface area contributed by atoms with Crippen molar-refractivity contribution in [2.24, 2.45) is 0 Å². The Morgan fingerprint density at radius 1 is 1.12 bits per heavy atom. The summed E-state index contributed by atoms with van der Waals surface area (Å²) in [6, 6.07) is 0. The van der Waals surface area contributed by atoms with Crippen LogP contribution in [-0.4, -0.2) is 57.0 Å². The van der Waals surface area contributed by atoms with E-state index in [9.17, 15) is 13.2 Å². The van der Waals surface area contributed by atoms with Crippen molar-refractivity contribution in [1.82, 2.24) is 10.2 Å². The van der Waals surface area contributed by atoms with Gasteiger partial charge < -0.3 is 10.1 Å². The van der Waals surface area contributed by atoms with Crippen molar-refractivity contribution in [2.75, 3.05) is 45.9 Å². The van der Waals surface area contributed by atoms with E-state index in [0.717, 1.165) is 26.2 Å². The van der Waals surface area contributed by atoms with E-state index >= 15 is 0 Å². The molecule has 0 atom stereocenters. The van der Waals surface area contributed by atoms with Crippen LogP contribution >= 0.6 is 24.8 Å². The van der Waals surface area contributed by atoms with Gasteiger partial charge in [-0.05, 0) is 0 Å². The number of nitrogens with one attached hydrogen (secondary N) is 1. The van der Waals surface area contributed by atoms with E-state index < -0.39 is 12.8 Å². The average Bonchev–Trinajstić information content (AvgIpc) is 2.13. The molecule has 0 spiro atoms. The van der Waals surface area contributed by atoms with E-state index in [1.54, 1.807) is 0 Å². The van der Waals surface area contributed by atoms with Gasteiger partial charge in [0.15, 0.2) is 0 Å². The van der Waals surface area contributed by atoms with Crippen LogP contribution in [0.5, 0.6) is 0 Å². The Hall–Kier alpha value is 0.250. The van der Waals surface area contributed by atoms with Crippen molar-refractivity contribution in [3.8, 4) is 0 Å². The third-order valence-corrected chi connectivity index (χ3v) is 2.03. The van der Waals surface area contributed by atoms with Crippen LogP contribution < -0.4 is 5.32 Å². The quantitative estimate of drug-likeness (QED) is 0.788. The fourth-order valence-corrected chi connectivity index (χ4v) is 1.32. The molecule has 0 radical (unpaired) electrons. The molecule has 0 unspecified atom stereocenters. The Kier molecular flexibility index (Phi) is 10.8. The van der Waals surface area contributed by atoms with E-state index in [1.165, 1.54) is 0 Å². The number of rotatable bonds is 4. The number of hydrogen-bond donors (Lipinski definition) is 1. The van der Waals surface area contributed by atoms with E-state index in [2.05, 4.69) is 15.0 Å². The SMILES string of the molecule is Cl.Cl.FC(F)(F)COCCN1CCNCC1. The third-order valence-electron chi connectivity index (χ3n) is 2.03. The minimum absolute atomic E-state index is 0. The lowest BCUT2D eigenvalue weighted by atomic mass is 10.4. The lowest BCUT2D eigenvalue weighted by molar-refractivity contribution is -0.174. The summed E-state index contributed by atoms with van der Waals surface area (Å²) in [4.78, 5) is 2.09. The Morgan fingerprint density at radius 3 is 2.19 bits per heavy atom. The molecule has 1 heterocycles. The molecule has 100 valence electrons. The van der Waals surface area contributed by atoms with Gasteiger partial charge in [-0.2, -0.15) is 13.2 Å². The molecule has 8 heteroatoms. The summed E-state index contributed by atoms with van der Waals surface area (Å²) in [5.74, 6) is 0. The van der Waals surface area contributed by atoms with Gasteiger partial charge in [0.1, 0.15) is 6.61 Å². The molecule has 0 amide bonds. The number of nitrogens with zero attached hydrogens (tertiary/aromatic N) is 1. The summed E-state index contributed by atoms with van der Waals surface area (Å²) >= 11 is 0. The topological polar surface area (TPSA) is 24.5 Å². The summed E-state index contributed by atoms with van der Waals surface area (Å²) < 4.78 is 39.5. The smallest absolute Gasteiger partial charge is 0.371 e. The minimum atomic E-state index is -4.20. The number of hydrogen-bond acceptors (Lipinski definition) is 3. The van der Waals surface area contributed by atoms with Gasteiger partial charge in [0.25, 0.3) is 0 Å². The van der Waals surface area contributed by atoms with Gasteiger partial charge >= 0.3 is 6.18 Å².